The Labute approximate surface area is 127 Å². The third kappa shape index (κ3) is 6.40. The normalized spacial score (nSPS) is 26.9. The molecule has 1 aliphatic carbocycles. The SMILES string of the molecule is COCOC1/C=C/C=C\CC(C#N)(C#N)C/C=C\CCC1. The summed E-state index contributed by atoms with van der Waals surface area (Å²) in [6.45, 7) is 0.278. The molecule has 0 saturated carbocycles. The Morgan fingerprint density at radius 1 is 1.14 bits per heavy atom. The van der Waals surface area contributed by atoms with E-state index in [1.54, 1.807) is 7.11 Å². The van der Waals surface area contributed by atoms with Crippen LogP contribution in [0.25, 0.3) is 0 Å². The van der Waals surface area contributed by atoms with Gasteiger partial charge in [-0.3, -0.25) is 0 Å². The maximum Gasteiger partial charge on any atom is 0.150 e. The monoisotopic (exact) mass is 286 g/mol. The number of hydrogen-bond donors (Lipinski definition) is 0. The van der Waals surface area contributed by atoms with Crippen molar-refractivity contribution in [3.63, 3.8) is 0 Å². The van der Waals surface area contributed by atoms with Crippen LogP contribution in [0.15, 0.2) is 36.5 Å². The van der Waals surface area contributed by atoms with Crippen LogP contribution < -0.4 is 0 Å². The molecule has 0 spiro atoms. The van der Waals surface area contributed by atoms with Gasteiger partial charge in [0.1, 0.15) is 6.79 Å². The van der Waals surface area contributed by atoms with E-state index in [9.17, 15) is 10.5 Å². The molecule has 0 N–H and O–H groups in total. The highest BCUT2D eigenvalue weighted by molar-refractivity contribution is 5.20. The molecule has 1 rings (SSSR count). The summed E-state index contributed by atoms with van der Waals surface area (Å²) in [7, 11) is 1.61. The molecule has 0 aliphatic heterocycles. The van der Waals surface area contributed by atoms with Crippen LogP contribution in [0, 0.1) is 28.1 Å². The first-order chi connectivity index (χ1) is 10.3. The average Bonchev–Trinajstić information content (AvgIpc) is 2.54. The van der Waals surface area contributed by atoms with Crippen LogP contribution >= 0.6 is 0 Å². The van der Waals surface area contributed by atoms with E-state index in [-0.39, 0.29) is 12.9 Å². The van der Waals surface area contributed by atoms with Gasteiger partial charge in [-0.15, -0.1) is 0 Å². The largest absolute Gasteiger partial charge is 0.359 e. The second-order valence-corrected chi connectivity index (χ2v) is 5.04. The fourth-order valence-corrected chi connectivity index (χ4v) is 2.06. The zero-order chi connectivity index (χ0) is 15.4. The molecule has 0 fully saturated rings. The van der Waals surface area contributed by atoms with E-state index in [1.165, 1.54) is 0 Å². The number of allylic oxidation sites excluding steroid dienone is 5. The van der Waals surface area contributed by atoms with Crippen LogP contribution in [0.5, 0.6) is 0 Å². The van der Waals surface area contributed by atoms with E-state index >= 15 is 0 Å². The summed E-state index contributed by atoms with van der Waals surface area (Å²) in [6, 6.07) is 4.28. The first kappa shape index (κ1) is 17.2. The van der Waals surface area contributed by atoms with Gasteiger partial charge in [0.15, 0.2) is 5.41 Å². The van der Waals surface area contributed by atoms with Gasteiger partial charge in [-0.1, -0.05) is 36.5 Å². The molecule has 0 aromatic rings. The van der Waals surface area contributed by atoms with E-state index in [4.69, 9.17) is 9.47 Å². The zero-order valence-corrected chi connectivity index (χ0v) is 12.5. The van der Waals surface area contributed by atoms with Crippen molar-refractivity contribution < 1.29 is 9.47 Å². The van der Waals surface area contributed by atoms with Crippen molar-refractivity contribution in [3.05, 3.63) is 36.5 Å². The highest BCUT2D eigenvalue weighted by Gasteiger charge is 2.26. The second kappa shape index (κ2) is 9.94. The van der Waals surface area contributed by atoms with Gasteiger partial charge >= 0.3 is 0 Å². The lowest BCUT2D eigenvalue weighted by Gasteiger charge is -2.13. The number of nitrogens with zero attached hydrogens (tertiary/aromatic N) is 2. The number of hydrogen-bond acceptors (Lipinski definition) is 4. The van der Waals surface area contributed by atoms with Gasteiger partial charge in [0.05, 0.1) is 18.2 Å². The molecule has 1 atom stereocenters. The first-order valence-corrected chi connectivity index (χ1v) is 7.18. The molecule has 1 unspecified atom stereocenters. The number of ether oxygens (including phenoxy) is 2. The topological polar surface area (TPSA) is 66.0 Å². The molecule has 0 aromatic carbocycles. The van der Waals surface area contributed by atoms with Crippen LogP contribution in [0.3, 0.4) is 0 Å². The van der Waals surface area contributed by atoms with Gasteiger partial charge in [-0.25, -0.2) is 0 Å². The van der Waals surface area contributed by atoms with E-state index in [0.717, 1.165) is 19.3 Å². The third-order valence-corrected chi connectivity index (χ3v) is 3.36. The Hall–Kier alpha value is -1.88. The molecule has 1 aliphatic rings. The molecule has 0 radical (unpaired) electrons. The van der Waals surface area contributed by atoms with Crippen molar-refractivity contribution in [3.8, 4) is 12.1 Å². The van der Waals surface area contributed by atoms with Crippen molar-refractivity contribution in [1.29, 1.82) is 10.5 Å². The molecular weight excluding hydrogens is 264 g/mol. The minimum Gasteiger partial charge on any atom is -0.359 e. The van der Waals surface area contributed by atoms with Crippen molar-refractivity contribution in [2.24, 2.45) is 5.41 Å². The summed E-state index contributed by atoms with van der Waals surface area (Å²) in [6.07, 6.45) is 15.4. The summed E-state index contributed by atoms with van der Waals surface area (Å²) in [5, 5.41) is 18.5. The molecule has 0 bridgehead atoms. The van der Waals surface area contributed by atoms with Crippen molar-refractivity contribution >= 4 is 0 Å². The number of methoxy groups -OCH3 is 1. The fraction of sp³-hybridized carbons (Fsp3) is 0.529. The van der Waals surface area contributed by atoms with Crippen LogP contribution in [0.1, 0.15) is 32.1 Å². The molecule has 0 aromatic heterocycles. The van der Waals surface area contributed by atoms with Crippen molar-refractivity contribution in [2.75, 3.05) is 13.9 Å². The highest BCUT2D eigenvalue weighted by Crippen LogP contribution is 2.26. The first-order valence-electron chi connectivity index (χ1n) is 7.18. The van der Waals surface area contributed by atoms with Gasteiger partial charge in [0, 0.05) is 7.11 Å². The quantitative estimate of drug-likeness (QED) is 0.587. The fourth-order valence-electron chi connectivity index (χ4n) is 2.06. The average molecular weight is 286 g/mol. The van der Waals surface area contributed by atoms with Crippen molar-refractivity contribution in [1.82, 2.24) is 0 Å². The predicted molar refractivity (Wildman–Crippen MR) is 80.9 cm³/mol. The van der Waals surface area contributed by atoms with Gasteiger partial charge < -0.3 is 9.47 Å². The molecule has 4 heteroatoms. The molecule has 0 heterocycles. The molecule has 112 valence electrons. The van der Waals surface area contributed by atoms with E-state index in [2.05, 4.69) is 12.1 Å². The standard InChI is InChI=1S/C17H22N2O2/c1-20-15-21-16-9-5-2-3-7-11-17(13-18,14-19)12-8-4-6-10-16/h3-4,6-8,10,16H,2,5,9,11-12,15H2,1H3/b7-3-,8-4-,10-6+. The maximum absolute atomic E-state index is 9.25. The van der Waals surface area contributed by atoms with E-state index in [0.29, 0.717) is 12.8 Å². The molecule has 4 nitrogen and oxygen atoms in total. The minimum absolute atomic E-state index is 0.0282. The van der Waals surface area contributed by atoms with Gasteiger partial charge in [-0.2, -0.15) is 10.5 Å². The number of rotatable bonds is 3. The molecule has 21 heavy (non-hydrogen) atoms. The van der Waals surface area contributed by atoms with E-state index in [1.807, 2.05) is 36.5 Å². The Kier molecular flexibility index (Phi) is 8.12. The van der Waals surface area contributed by atoms with Crippen LogP contribution in [-0.2, 0) is 9.47 Å². The Morgan fingerprint density at radius 2 is 1.90 bits per heavy atom. The smallest absolute Gasteiger partial charge is 0.150 e. The second-order valence-electron chi connectivity index (χ2n) is 5.04. The maximum atomic E-state index is 9.25. The van der Waals surface area contributed by atoms with Gasteiger partial charge in [-0.05, 0) is 32.1 Å². The van der Waals surface area contributed by atoms with Gasteiger partial charge in [0.25, 0.3) is 0 Å². The summed E-state index contributed by atoms with van der Waals surface area (Å²) < 4.78 is 10.5. The summed E-state index contributed by atoms with van der Waals surface area (Å²) in [5.74, 6) is 0. The molecular formula is C17H22N2O2. The minimum atomic E-state index is -0.957. The lowest BCUT2D eigenvalue weighted by atomic mass is 9.84. The molecule has 0 saturated heterocycles. The van der Waals surface area contributed by atoms with Crippen LogP contribution in [0.4, 0.5) is 0 Å². The van der Waals surface area contributed by atoms with Gasteiger partial charge in [0.2, 0.25) is 0 Å². The zero-order valence-electron chi connectivity index (χ0n) is 12.5. The molecule has 0 amide bonds. The lowest BCUT2D eigenvalue weighted by molar-refractivity contribution is -0.0578. The summed E-state index contributed by atoms with van der Waals surface area (Å²) in [4.78, 5) is 0. The van der Waals surface area contributed by atoms with Crippen LogP contribution in [-0.4, -0.2) is 20.0 Å². The highest BCUT2D eigenvalue weighted by atomic mass is 16.7. The summed E-state index contributed by atoms with van der Waals surface area (Å²) in [5.41, 5.74) is -0.957. The predicted octanol–water partition coefficient (Wildman–Crippen LogP) is 3.64. The Bertz CT molecular complexity index is 452. The summed E-state index contributed by atoms with van der Waals surface area (Å²) >= 11 is 0. The third-order valence-electron chi connectivity index (χ3n) is 3.36. The number of nitriles is 2. The van der Waals surface area contributed by atoms with E-state index < -0.39 is 5.41 Å². The van der Waals surface area contributed by atoms with Crippen LogP contribution in [0.2, 0.25) is 0 Å². The lowest BCUT2D eigenvalue weighted by Crippen LogP contribution is -2.13. The Balaban J connectivity index is 2.76. The Morgan fingerprint density at radius 3 is 2.62 bits per heavy atom. The van der Waals surface area contributed by atoms with Crippen molar-refractivity contribution in [2.45, 2.75) is 38.2 Å².